The van der Waals surface area contributed by atoms with Crippen LogP contribution in [0.2, 0.25) is 0 Å². The van der Waals surface area contributed by atoms with Gasteiger partial charge in [-0.05, 0) is 25.3 Å². The summed E-state index contributed by atoms with van der Waals surface area (Å²) in [5, 5.41) is 3.27. The number of hydrogen-bond acceptors (Lipinski definition) is 2. The molecule has 0 aliphatic heterocycles. The Balaban J connectivity index is 2.11. The van der Waals surface area contributed by atoms with E-state index in [9.17, 15) is 13.2 Å². The molecule has 0 bridgehead atoms. The van der Waals surface area contributed by atoms with Crippen LogP contribution in [-0.2, 0) is 4.74 Å². The summed E-state index contributed by atoms with van der Waals surface area (Å²) in [6.07, 6.45) is -2.27. The first-order chi connectivity index (χ1) is 7.33. The van der Waals surface area contributed by atoms with Crippen LogP contribution in [0.4, 0.5) is 13.2 Å². The molecule has 0 unspecified atom stereocenters. The smallest absolute Gasteiger partial charge is 0.371 e. The van der Waals surface area contributed by atoms with Crippen molar-refractivity contribution in [2.75, 3.05) is 26.3 Å². The highest BCUT2D eigenvalue weighted by Gasteiger charge is 2.43. The van der Waals surface area contributed by atoms with Gasteiger partial charge in [0.2, 0.25) is 0 Å². The van der Waals surface area contributed by atoms with Crippen molar-refractivity contribution >= 4 is 0 Å². The Morgan fingerprint density at radius 2 is 1.94 bits per heavy atom. The third-order valence-corrected chi connectivity index (χ3v) is 2.68. The second kappa shape index (κ2) is 5.36. The normalized spacial score (nSPS) is 19.1. The number of ether oxygens (including phenoxy) is 1. The highest BCUT2D eigenvalue weighted by molar-refractivity contribution is 4.94. The number of alkyl halides is 3. The number of rotatable bonds is 7. The van der Waals surface area contributed by atoms with Gasteiger partial charge in [-0.25, -0.2) is 0 Å². The van der Waals surface area contributed by atoms with Gasteiger partial charge in [0.15, 0.2) is 0 Å². The summed E-state index contributed by atoms with van der Waals surface area (Å²) in [6, 6.07) is 0. The van der Waals surface area contributed by atoms with E-state index >= 15 is 0 Å². The van der Waals surface area contributed by atoms with E-state index < -0.39 is 12.8 Å². The molecule has 1 saturated carbocycles. The maximum absolute atomic E-state index is 11.9. The second-order valence-corrected chi connectivity index (χ2v) is 5.13. The molecule has 1 aliphatic carbocycles. The molecule has 1 N–H and O–H groups in total. The zero-order valence-corrected chi connectivity index (χ0v) is 9.86. The minimum atomic E-state index is -4.21. The summed E-state index contributed by atoms with van der Waals surface area (Å²) in [4.78, 5) is 0. The zero-order chi connectivity index (χ0) is 12.2. The summed E-state index contributed by atoms with van der Waals surface area (Å²) in [7, 11) is 0. The van der Waals surface area contributed by atoms with Crippen molar-refractivity contribution < 1.29 is 17.9 Å². The summed E-state index contributed by atoms with van der Waals surface area (Å²) in [5.41, 5.74) is -0.0276. The van der Waals surface area contributed by atoms with Crippen molar-refractivity contribution in [2.45, 2.75) is 32.9 Å². The van der Waals surface area contributed by atoms with Crippen molar-refractivity contribution in [3.63, 3.8) is 0 Å². The van der Waals surface area contributed by atoms with Gasteiger partial charge in [0.25, 0.3) is 0 Å². The lowest BCUT2D eigenvalue weighted by Gasteiger charge is -2.17. The van der Waals surface area contributed by atoms with E-state index in [-0.39, 0.29) is 12.0 Å². The van der Waals surface area contributed by atoms with Gasteiger partial charge in [-0.2, -0.15) is 13.2 Å². The van der Waals surface area contributed by atoms with E-state index in [0.29, 0.717) is 5.92 Å². The van der Waals surface area contributed by atoms with Crippen LogP contribution in [0.1, 0.15) is 26.7 Å². The van der Waals surface area contributed by atoms with Gasteiger partial charge in [-0.1, -0.05) is 13.8 Å². The van der Waals surface area contributed by atoms with Crippen LogP contribution in [0.3, 0.4) is 0 Å². The number of halogens is 3. The van der Waals surface area contributed by atoms with Crippen molar-refractivity contribution in [1.82, 2.24) is 5.32 Å². The molecule has 1 fully saturated rings. The van der Waals surface area contributed by atoms with Crippen LogP contribution < -0.4 is 5.32 Å². The second-order valence-electron chi connectivity index (χ2n) is 5.13. The van der Waals surface area contributed by atoms with Gasteiger partial charge >= 0.3 is 6.18 Å². The Morgan fingerprint density at radius 3 is 2.38 bits per heavy atom. The molecule has 2 nitrogen and oxygen atoms in total. The zero-order valence-electron chi connectivity index (χ0n) is 9.86. The number of nitrogens with one attached hydrogen (secondary N) is 1. The van der Waals surface area contributed by atoms with Crippen molar-refractivity contribution in [2.24, 2.45) is 11.3 Å². The Bertz CT molecular complexity index is 212. The molecular formula is C11H20F3NO. The highest BCUT2D eigenvalue weighted by Crippen LogP contribution is 2.45. The average molecular weight is 239 g/mol. The van der Waals surface area contributed by atoms with Crippen LogP contribution in [-0.4, -0.2) is 32.5 Å². The monoisotopic (exact) mass is 239 g/mol. The summed E-state index contributed by atoms with van der Waals surface area (Å²) in [6.45, 7) is 4.97. The lowest BCUT2D eigenvalue weighted by molar-refractivity contribution is -0.177. The molecule has 96 valence electrons. The predicted octanol–water partition coefficient (Wildman–Crippen LogP) is 2.59. The number of hydrogen-bond donors (Lipinski definition) is 1. The third kappa shape index (κ3) is 5.70. The van der Waals surface area contributed by atoms with Crippen molar-refractivity contribution in [1.29, 1.82) is 0 Å². The molecule has 16 heavy (non-hydrogen) atoms. The molecule has 1 rings (SSSR count). The van der Waals surface area contributed by atoms with E-state index in [1.807, 2.05) is 0 Å². The van der Waals surface area contributed by atoms with Crippen molar-refractivity contribution in [3.8, 4) is 0 Å². The minimum absolute atomic E-state index is 0.0276. The van der Waals surface area contributed by atoms with Crippen LogP contribution in [0.25, 0.3) is 0 Å². The molecule has 0 radical (unpaired) electrons. The van der Waals surface area contributed by atoms with E-state index in [2.05, 4.69) is 19.2 Å². The molecule has 0 saturated heterocycles. The minimum Gasteiger partial charge on any atom is -0.371 e. The summed E-state index contributed by atoms with van der Waals surface area (Å²) >= 11 is 0. The van der Waals surface area contributed by atoms with Crippen LogP contribution in [0, 0.1) is 11.3 Å². The molecule has 0 amide bonds. The highest BCUT2D eigenvalue weighted by atomic mass is 19.4. The van der Waals surface area contributed by atoms with Crippen molar-refractivity contribution in [3.05, 3.63) is 0 Å². The molecule has 0 aromatic rings. The van der Waals surface area contributed by atoms with E-state index in [0.717, 1.165) is 25.9 Å². The van der Waals surface area contributed by atoms with E-state index in [1.54, 1.807) is 0 Å². The fraction of sp³-hybridized carbons (Fsp3) is 1.00. The maximum atomic E-state index is 11.9. The van der Waals surface area contributed by atoms with Gasteiger partial charge in [-0.15, -0.1) is 0 Å². The Hall–Kier alpha value is -0.290. The predicted molar refractivity (Wildman–Crippen MR) is 56.2 cm³/mol. The van der Waals surface area contributed by atoms with E-state index in [4.69, 9.17) is 4.74 Å². The standard InChI is InChI=1S/C11H20F3NO/c1-9(2)5-15-6-10(3-4-10)7-16-8-11(12,13)14/h9,15H,3-8H2,1-2H3. The molecule has 0 heterocycles. The average Bonchev–Trinajstić information content (AvgIpc) is 2.82. The Morgan fingerprint density at radius 1 is 1.31 bits per heavy atom. The largest absolute Gasteiger partial charge is 0.411 e. The van der Waals surface area contributed by atoms with Gasteiger partial charge in [-0.3, -0.25) is 0 Å². The lowest BCUT2D eigenvalue weighted by Crippen LogP contribution is -2.31. The van der Waals surface area contributed by atoms with Crippen LogP contribution in [0.5, 0.6) is 0 Å². The Labute approximate surface area is 94.5 Å². The van der Waals surface area contributed by atoms with E-state index in [1.165, 1.54) is 0 Å². The fourth-order valence-corrected chi connectivity index (χ4v) is 1.56. The molecular weight excluding hydrogens is 219 g/mol. The summed E-state index contributed by atoms with van der Waals surface area (Å²) < 4.78 is 40.3. The lowest BCUT2D eigenvalue weighted by atomic mass is 10.1. The first-order valence-electron chi connectivity index (χ1n) is 5.68. The molecule has 0 aromatic heterocycles. The molecule has 0 aromatic carbocycles. The van der Waals surface area contributed by atoms with Gasteiger partial charge in [0, 0.05) is 12.0 Å². The summed E-state index contributed by atoms with van der Waals surface area (Å²) in [5.74, 6) is 0.562. The molecule has 0 atom stereocenters. The topological polar surface area (TPSA) is 21.3 Å². The first-order valence-corrected chi connectivity index (χ1v) is 5.68. The Kier molecular flexibility index (Phi) is 4.62. The molecule has 1 aliphatic rings. The SMILES string of the molecule is CC(C)CNCC1(COCC(F)(F)F)CC1. The van der Waals surface area contributed by atoms with Gasteiger partial charge in [0.05, 0.1) is 6.61 Å². The van der Waals surface area contributed by atoms with Gasteiger partial charge in [0.1, 0.15) is 6.61 Å². The third-order valence-electron chi connectivity index (χ3n) is 2.68. The van der Waals surface area contributed by atoms with Gasteiger partial charge < -0.3 is 10.1 Å². The maximum Gasteiger partial charge on any atom is 0.411 e. The quantitative estimate of drug-likeness (QED) is 0.737. The molecule has 0 spiro atoms. The van der Waals surface area contributed by atoms with Crippen LogP contribution in [0.15, 0.2) is 0 Å². The van der Waals surface area contributed by atoms with Crippen LogP contribution >= 0.6 is 0 Å². The fourth-order valence-electron chi connectivity index (χ4n) is 1.56. The molecule has 5 heteroatoms. The first kappa shape index (κ1) is 13.8.